The van der Waals surface area contributed by atoms with Crippen LogP contribution in [-0.2, 0) is 0 Å². The number of nitrogens with zero attached hydrogens (tertiary/aromatic N) is 4. The Hall–Kier alpha value is -3.71. The molecule has 1 aliphatic rings. The highest BCUT2D eigenvalue weighted by Crippen LogP contribution is 2.26. The normalized spacial score (nSPS) is 16.1. The van der Waals surface area contributed by atoms with Gasteiger partial charge in [-0.25, -0.2) is 4.98 Å². The number of carbonyl (C=O) groups is 1. The molecule has 4 aromatic rings. The molecule has 0 saturated carbocycles. The number of hydrogen-bond acceptors (Lipinski definition) is 6. The number of nitrogens with one attached hydrogen (secondary N) is 1. The molecule has 2 aromatic heterocycles. The predicted octanol–water partition coefficient (Wildman–Crippen LogP) is 4.28. The summed E-state index contributed by atoms with van der Waals surface area (Å²) in [7, 11) is 4.26. The molecule has 162 valence electrons. The zero-order chi connectivity index (χ0) is 22.1. The highest BCUT2D eigenvalue weighted by Gasteiger charge is 2.24. The smallest absolute Gasteiger partial charge is 0.255 e. The van der Waals surface area contributed by atoms with Gasteiger partial charge < -0.3 is 19.5 Å². The zero-order valence-electron chi connectivity index (χ0n) is 18.2. The van der Waals surface area contributed by atoms with E-state index in [9.17, 15) is 4.79 Å². The van der Waals surface area contributed by atoms with Crippen LogP contribution in [0.1, 0.15) is 16.8 Å². The molecule has 0 spiro atoms. The molecule has 1 amide bonds. The zero-order valence-corrected chi connectivity index (χ0v) is 18.2. The van der Waals surface area contributed by atoms with Crippen molar-refractivity contribution in [3.8, 4) is 11.5 Å². The van der Waals surface area contributed by atoms with Gasteiger partial charge >= 0.3 is 0 Å². The molecular formula is C25H25N5O2. The number of amides is 1. The minimum atomic E-state index is -0.179. The number of likely N-dealkylation sites (N-methyl/N-ethyl adjacent to an activating group) is 1. The van der Waals surface area contributed by atoms with Crippen molar-refractivity contribution in [3.05, 3.63) is 72.6 Å². The van der Waals surface area contributed by atoms with Gasteiger partial charge in [0, 0.05) is 54.0 Å². The van der Waals surface area contributed by atoms with E-state index in [-0.39, 0.29) is 5.91 Å². The van der Waals surface area contributed by atoms with Crippen LogP contribution in [0, 0.1) is 0 Å². The van der Waals surface area contributed by atoms with Crippen LogP contribution in [0.3, 0.4) is 0 Å². The molecule has 1 atom stereocenters. The summed E-state index contributed by atoms with van der Waals surface area (Å²) in [5, 5.41) is 2.97. The maximum atomic E-state index is 12.8. The number of aromatic nitrogens is 2. The van der Waals surface area contributed by atoms with Gasteiger partial charge in [-0.3, -0.25) is 9.78 Å². The Bertz CT molecular complexity index is 1230. The second-order valence-corrected chi connectivity index (χ2v) is 8.29. The molecule has 0 bridgehead atoms. The third kappa shape index (κ3) is 4.07. The van der Waals surface area contributed by atoms with Crippen molar-refractivity contribution in [2.24, 2.45) is 0 Å². The van der Waals surface area contributed by atoms with Crippen molar-refractivity contribution in [1.29, 1.82) is 0 Å². The van der Waals surface area contributed by atoms with Gasteiger partial charge in [0.25, 0.3) is 5.91 Å². The maximum absolute atomic E-state index is 12.8. The molecule has 0 aliphatic carbocycles. The highest BCUT2D eigenvalue weighted by molar-refractivity contribution is 6.06. The number of benzene rings is 2. The van der Waals surface area contributed by atoms with Crippen molar-refractivity contribution >= 4 is 28.4 Å². The summed E-state index contributed by atoms with van der Waals surface area (Å²) in [6.07, 6.45) is 4.55. The van der Waals surface area contributed by atoms with Crippen molar-refractivity contribution in [2.45, 2.75) is 12.5 Å². The van der Waals surface area contributed by atoms with Crippen molar-refractivity contribution in [2.75, 3.05) is 37.4 Å². The minimum Gasteiger partial charge on any atom is -0.436 e. The topological polar surface area (TPSA) is 74.5 Å². The molecule has 0 radical (unpaired) electrons. The van der Waals surface area contributed by atoms with Crippen molar-refractivity contribution < 1.29 is 9.21 Å². The van der Waals surface area contributed by atoms with Gasteiger partial charge in [-0.05, 0) is 75.1 Å². The lowest BCUT2D eigenvalue weighted by atomic mass is 10.2. The van der Waals surface area contributed by atoms with Gasteiger partial charge in [0.15, 0.2) is 5.58 Å². The van der Waals surface area contributed by atoms with Crippen LogP contribution in [0.2, 0.25) is 0 Å². The van der Waals surface area contributed by atoms with E-state index in [0.717, 1.165) is 24.3 Å². The number of hydrogen-bond donors (Lipinski definition) is 1. The molecule has 7 heteroatoms. The van der Waals surface area contributed by atoms with E-state index < -0.39 is 0 Å². The first-order chi connectivity index (χ1) is 15.6. The van der Waals surface area contributed by atoms with E-state index in [0.29, 0.717) is 28.6 Å². The van der Waals surface area contributed by atoms with Gasteiger partial charge in [-0.15, -0.1) is 0 Å². The fourth-order valence-corrected chi connectivity index (χ4v) is 4.04. The first-order valence-electron chi connectivity index (χ1n) is 10.7. The Morgan fingerprint density at radius 1 is 1.09 bits per heavy atom. The minimum absolute atomic E-state index is 0.179. The highest BCUT2D eigenvalue weighted by atomic mass is 16.3. The number of oxazole rings is 1. The van der Waals surface area contributed by atoms with Crippen LogP contribution in [0.5, 0.6) is 0 Å². The molecule has 3 heterocycles. The van der Waals surface area contributed by atoms with Crippen LogP contribution in [0.25, 0.3) is 22.6 Å². The fraction of sp³-hybridized carbons (Fsp3) is 0.240. The number of pyridine rings is 1. The summed E-state index contributed by atoms with van der Waals surface area (Å²) < 4.78 is 5.81. The molecule has 7 nitrogen and oxygen atoms in total. The molecule has 2 aromatic carbocycles. The lowest BCUT2D eigenvalue weighted by Crippen LogP contribution is -2.31. The van der Waals surface area contributed by atoms with Crippen LogP contribution in [0.4, 0.5) is 11.4 Å². The first kappa shape index (κ1) is 20.2. The molecule has 1 fully saturated rings. The number of anilines is 2. The van der Waals surface area contributed by atoms with Gasteiger partial charge in [0.2, 0.25) is 5.89 Å². The first-order valence-corrected chi connectivity index (χ1v) is 10.7. The summed E-state index contributed by atoms with van der Waals surface area (Å²) >= 11 is 0. The van der Waals surface area contributed by atoms with Crippen LogP contribution >= 0.6 is 0 Å². The largest absolute Gasteiger partial charge is 0.436 e. The fourth-order valence-electron chi connectivity index (χ4n) is 4.04. The van der Waals surface area contributed by atoms with E-state index in [1.165, 1.54) is 12.1 Å². The van der Waals surface area contributed by atoms with Gasteiger partial charge in [-0.2, -0.15) is 0 Å². The summed E-state index contributed by atoms with van der Waals surface area (Å²) in [5.41, 5.74) is 4.60. The third-order valence-corrected chi connectivity index (χ3v) is 5.96. The van der Waals surface area contributed by atoms with Crippen molar-refractivity contribution in [1.82, 2.24) is 14.9 Å². The standard InChI is InChI=1S/C25H25N5O2/c1-29(2)21-11-14-30(16-21)20-6-4-19(5-7-20)27-24(31)18-3-8-23-22(15-18)28-25(32-23)17-9-12-26-13-10-17/h3-10,12-13,15,21H,11,14,16H2,1-2H3,(H,27,31). The van der Waals surface area contributed by atoms with Gasteiger partial charge in [0.1, 0.15) is 5.52 Å². The van der Waals surface area contributed by atoms with E-state index in [1.807, 2.05) is 24.3 Å². The Balaban J connectivity index is 1.28. The quantitative estimate of drug-likeness (QED) is 0.512. The maximum Gasteiger partial charge on any atom is 0.255 e. The van der Waals surface area contributed by atoms with Crippen molar-refractivity contribution in [3.63, 3.8) is 0 Å². The Kier molecular flexibility index (Phi) is 5.33. The molecule has 1 aliphatic heterocycles. The number of rotatable bonds is 5. The Morgan fingerprint density at radius 3 is 2.59 bits per heavy atom. The summed E-state index contributed by atoms with van der Waals surface area (Å²) in [5.74, 6) is 0.330. The molecule has 1 saturated heterocycles. The number of carbonyl (C=O) groups excluding carboxylic acids is 1. The third-order valence-electron chi connectivity index (χ3n) is 5.96. The summed E-state index contributed by atoms with van der Waals surface area (Å²) in [6.45, 7) is 2.08. The molecular weight excluding hydrogens is 402 g/mol. The predicted molar refractivity (Wildman–Crippen MR) is 126 cm³/mol. The number of fused-ring (bicyclic) bond motifs is 1. The molecule has 5 rings (SSSR count). The van der Waals surface area contributed by atoms with Crippen LogP contribution in [0.15, 0.2) is 71.4 Å². The SMILES string of the molecule is CN(C)C1CCN(c2ccc(NC(=O)c3ccc4oc(-c5ccncc5)nc4c3)cc2)C1. The lowest BCUT2D eigenvalue weighted by Gasteiger charge is -2.22. The van der Waals surface area contributed by atoms with E-state index in [4.69, 9.17) is 4.42 Å². The Morgan fingerprint density at radius 2 is 1.88 bits per heavy atom. The van der Waals surface area contributed by atoms with Crippen LogP contribution < -0.4 is 10.2 Å². The lowest BCUT2D eigenvalue weighted by molar-refractivity contribution is 0.102. The average molecular weight is 428 g/mol. The Labute approximate surface area is 186 Å². The molecule has 32 heavy (non-hydrogen) atoms. The van der Waals surface area contributed by atoms with Crippen LogP contribution in [-0.4, -0.2) is 54.0 Å². The average Bonchev–Trinajstić information content (AvgIpc) is 3.47. The van der Waals surface area contributed by atoms with E-state index in [1.54, 1.807) is 30.6 Å². The summed E-state index contributed by atoms with van der Waals surface area (Å²) in [6, 6.07) is 17.6. The summed E-state index contributed by atoms with van der Waals surface area (Å²) in [4.78, 5) is 26.0. The second-order valence-electron chi connectivity index (χ2n) is 8.29. The van der Waals surface area contributed by atoms with E-state index >= 15 is 0 Å². The van der Waals surface area contributed by atoms with Gasteiger partial charge in [0.05, 0.1) is 0 Å². The van der Waals surface area contributed by atoms with E-state index in [2.05, 4.69) is 51.3 Å². The second kappa shape index (κ2) is 8.43. The monoisotopic (exact) mass is 427 g/mol. The molecule has 1 N–H and O–H groups in total. The molecule has 1 unspecified atom stereocenters. The van der Waals surface area contributed by atoms with Gasteiger partial charge in [-0.1, -0.05) is 0 Å².